The van der Waals surface area contributed by atoms with Crippen LogP contribution in [0, 0.1) is 5.92 Å². The first-order valence-electron chi connectivity index (χ1n) is 5.11. The van der Waals surface area contributed by atoms with Gasteiger partial charge in [0.15, 0.2) is 0 Å². The molecule has 1 aliphatic heterocycles. The molecule has 0 amide bonds. The van der Waals surface area contributed by atoms with Gasteiger partial charge in [0.1, 0.15) is 0 Å². The fourth-order valence-electron chi connectivity index (χ4n) is 1.99. The summed E-state index contributed by atoms with van der Waals surface area (Å²) in [5.74, 6) is 0.474. The number of halogens is 1. The standard InChI is InChI=1S/C10H15BrN2O2/c1-13-10(8(11)5-12-13)9(14)4-7-2-3-15-6-7/h5,7,9,14H,2-4,6H2,1H3. The molecule has 1 saturated heterocycles. The lowest BCUT2D eigenvalue weighted by molar-refractivity contribution is 0.122. The van der Waals surface area contributed by atoms with E-state index in [1.165, 1.54) is 0 Å². The van der Waals surface area contributed by atoms with Crippen LogP contribution in [0.4, 0.5) is 0 Å². The van der Waals surface area contributed by atoms with E-state index in [2.05, 4.69) is 21.0 Å². The third-order valence-electron chi connectivity index (χ3n) is 2.83. The lowest BCUT2D eigenvalue weighted by atomic mass is 9.99. The van der Waals surface area contributed by atoms with Crippen molar-refractivity contribution >= 4 is 15.9 Å². The van der Waals surface area contributed by atoms with Crippen LogP contribution < -0.4 is 0 Å². The quantitative estimate of drug-likeness (QED) is 0.912. The van der Waals surface area contributed by atoms with E-state index in [-0.39, 0.29) is 0 Å². The maximum atomic E-state index is 10.1. The maximum Gasteiger partial charge on any atom is 0.0971 e. The molecule has 0 saturated carbocycles. The van der Waals surface area contributed by atoms with Gasteiger partial charge in [-0.05, 0) is 34.7 Å². The van der Waals surface area contributed by atoms with Gasteiger partial charge >= 0.3 is 0 Å². The molecule has 1 aliphatic rings. The summed E-state index contributed by atoms with van der Waals surface area (Å²) in [5, 5.41) is 14.2. The van der Waals surface area contributed by atoms with Gasteiger partial charge in [-0.1, -0.05) is 0 Å². The van der Waals surface area contributed by atoms with Crippen molar-refractivity contribution in [2.75, 3.05) is 13.2 Å². The van der Waals surface area contributed by atoms with Crippen LogP contribution in [-0.4, -0.2) is 28.1 Å². The van der Waals surface area contributed by atoms with E-state index >= 15 is 0 Å². The van der Waals surface area contributed by atoms with Crippen molar-refractivity contribution in [3.05, 3.63) is 16.4 Å². The lowest BCUT2D eigenvalue weighted by Gasteiger charge is -2.15. The molecular formula is C10H15BrN2O2. The van der Waals surface area contributed by atoms with E-state index in [9.17, 15) is 5.11 Å². The number of aryl methyl sites for hydroxylation is 1. The molecule has 1 aromatic rings. The molecule has 2 atom stereocenters. The minimum Gasteiger partial charge on any atom is -0.387 e. The van der Waals surface area contributed by atoms with Gasteiger partial charge in [0.25, 0.3) is 0 Å². The van der Waals surface area contributed by atoms with Crippen LogP contribution in [0.15, 0.2) is 10.7 Å². The van der Waals surface area contributed by atoms with Crippen molar-refractivity contribution in [1.82, 2.24) is 9.78 Å². The van der Waals surface area contributed by atoms with Crippen LogP contribution in [0.3, 0.4) is 0 Å². The molecule has 0 spiro atoms. The van der Waals surface area contributed by atoms with Gasteiger partial charge in [-0.25, -0.2) is 0 Å². The zero-order valence-corrected chi connectivity index (χ0v) is 10.3. The molecule has 2 rings (SSSR count). The first kappa shape index (κ1) is 11.1. The predicted molar refractivity (Wildman–Crippen MR) is 59.4 cm³/mol. The molecule has 2 heterocycles. The number of nitrogens with zero attached hydrogens (tertiary/aromatic N) is 2. The summed E-state index contributed by atoms with van der Waals surface area (Å²) in [4.78, 5) is 0. The van der Waals surface area contributed by atoms with Crippen LogP contribution in [-0.2, 0) is 11.8 Å². The van der Waals surface area contributed by atoms with E-state index < -0.39 is 6.10 Å². The number of aliphatic hydroxyl groups excluding tert-OH is 1. The fraction of sp³-hybridized carbons (Fsp3) is 0.700. The molecule has 1 aromatic heterocycles. The summed E-state index contributed by atoms with van der Waals surface area (Å²) < 4.78 is 7.88. The Morgan fingerprint density at radius 3 is 3.13 bits per heavy atom. The monoisotopic (exact) mass is 274 g/mol. The summed E-state index contributed by atoms with van der Waals surface area (Å²) in [6.45, 7) is 1.59. The number of aliphatic hydroxyl groups is 1. The third-order valence-corrected chi connectivity index (χ3v) is 3.44. The SMILES string of the molecule is Cn1ncc(Br)c1C(O)CC1CCOC1. The first-order chi connectivity index (χ1) is 7.18. The fourth-order valence-corrected chi connectivity index (χ4v) is 2.60. The summed E-state index contributed by atoms with van der Waals surface area (Å²) in [6, 6.07) is 0. The van der Waals surface area contributed by atoms with E-state index in [1.807, 2.05) is 7.05 Å². The molecular weight excluding hydrogens is 260 g/mol. The third kappa shape index (κ3) is 2.41. The molecule has 5 heteroatoms. The van der Waals surface area contributed by atoms with Gasteiger partial charge in [0, 0.05) is 20.3 Å². The molecule has 2 unspecified atom stereocenters. The largest absolute Gasteiger partial charge is 0.387 e. The smallest absolute Gasteiger partial charge is 0.0971 e. The van der Waals surface area contributed by atoms with Crippen LogP contribution >= 0.6 is 15.9 Å². The molecule has 4 nitrogen and oxygen atoms in total. The molecule has 0 radical (unpaired) electrons. The summed E-state index contributed by atoms with van der Waals surface area (Å²) in [7, 11) is 1.84. The summed E-state index contributed by atoms with van der Waals surface area (Å²) >= 11 is 3.39. The van der Waals surface area contributed by atoms with Crippen LogP contribution in [0.25, 0.3) is 0 Å². The zero-order chi connectivity index (χ0) is 10.8. The van der Waals surface area contributed by atoms with Crippen molar-refractivity contribution in [2.24, 2.45) is 13.0 Å². The molecule has 0 aromatic carbocycles. The van der Waals surface area contributed by atoms with Gasteiger partial charge in [0.2, 0.25) is 0 Å². The molecule has 1 fully saturated rings. The highest BCUT2D eigenvalue weighted by Crippen LogP contribution is 2.30. The van der Waals surface area contributed by atoms with E-state index in [1.54, 1.807) is 10.9 Å². The average Bonchev–Trinajstić information content (AvgIpc) is 2.77. The Labute approximate surface area is 97.4 Å². The van der Waals surface area contributed by atoms with E-state index in [0.29, 0.717) is 5.92 Å². The molecule has 84 valence electrons. The van der Waals surface area contributed by atoms with Crippen LogP contribution in [0.2, 0.25) is 0 Å². The second-order valence-electron chi connectivity index (χ2n) is 3.98. The Morgan fingerprint density at radius 2 is 2.60 bits per heavy atom. The van der Waals surface area contributed by atoms with Gasteiger partial charge in [-0.3, -0.25) is 4.68 Å². The minimum absolute atomic E-state index is 0.460. The zero-order valence-electron chi connectivity index (χ0n) is 8.69. The number of hydrogen-bond acceptors (Lipinski definition) is 3. The average molecular weight is 275 g/mol. The number of hydrogen-bond donors (Lipinski definition) is 1. The van der Waals surface area contributed by atoms with Gasteiger partial charge in [0.05, 0.1) is 22.5 Å². The highest BCUT2D eigenvalue weighted by molar-refractivity contribution is 9.10. The topological polar surface area (TPSA) is 47.3 Å². The Morgan fingerprint density at radius 1 is 1.80 bits per heavy atom. The van der Waals surface area contributed by atoms with E-state index in [0.717, 1.165) is 36.2 Å². The van der Waals surface area contributed by atoms with Crippen molar-refractivity contribution in [1.29, 1.82) is 0 Å². The highest BCUT2D eigenvalue weighted by Gasteiger charge is 2.23. The Kier molecular flexibility index (Phi) is 3.43. The second kappa shape index (κ2) is 4.63. The molecule has 15 heavy (non-hydrogen) atoms. The highest BCUT2D eigenvalue weighted by atomic mass is 79.9. The summed E-state index contributed by atoms with van der Waals surface area (Å²) in [6.07, 6.45) is 3.05. The van der Waals surface area contributed by atoms with Crippen molar-refractivity contribution < 1.29 is 9.84 Å². The maximum absolute atomic E-state index is 10.1. The Bertz CT molecular complexity index is 315. The van der Waals surface area contributed by atoms with Gasteiger partial charge in [-0.2, -0.15) is 5.10 Å². The van der Waals surface area contributed by atoms with E-state index in [4.69, 9.17) is 4.74 Å². The van der Waals surface area contributed by atoms with Gasteiger partial charge < -0.3 is 9.84 Å². The van der Waals surface area contributed by atoms with Crippen LogP contribution in [0.1, 0.15) is 24.6 Å². The van der Waals surface area contributed by atoms with Crippen molar-refractivity contribution in [3.8, 4) is 0 Å². The number of aromatic nitrogens is 2. The van der Waals surface area contributed by atoms with Crippen molar-refractivity contribution in [2.45, 2.75) is 18.9 Å². The normalized spacial score (nSPS) is 23.3. The van der Waals surface area contributed by atoms with Crippen LogP contribution in [0.5, 0.6) is 0 Å². The first-order valence-corrected chi connectivity index (χ1v) is 5.91. The second-order valence-corrected chi connectivity index (χ2v) is 4.84. The predicted octanol–water partition coefficient (Wildman–Crippen LogP) is 1.64. The molecule has 1 N–H and O–H groups in total. The van der Waals surface area contributed by atoms with Crippen molar-refractivity contribution in [3.63, 3.8) is 0 Å². The Balaban J connectivity index is 2.03. The Hall–Kier alpha value is -0.390. The summed E-state index contributed by atoms with van der Waals surface area (Å²) in [5.41, 5.74) is 0.849. The lowest BCUT2D eigenvalue weighted by Crippen LogP contribution is -2.11. The molecule has 0 aliphatic carbocycles. The molecule has 0 bridgehead atoms. The minimum atomic E-state index is -0.460. The van der Waals surface area contributed by atoms with Gasteiger partial charge in [-0.15, -0.1) is 0 Å². The number of rotatable bonds is 3. The number of ether oxygens (including phenoxy) is 1.